The van der Waals surface area contributed by atoms with Gasteiger partial charge >= 0.3 is 0 Å². The monoisotopic (exact) mass is 566 g/mol. The van der Waals surface area contributed by atoms with Gasteiger partial charge < -0.3 is 14.6 Å². The summed E-state index contributed by atoms with van der Waals surface area (Å²) in [6.07, 6.45) is 4.78. The minimum absolute atomic E-state index is 0.0141. The minimum atomic E-state index is -3.66. The highest BCUT2D eigenvalue weighted by molar-refractivity contribution is 7.88. The first-order valence-corrected chi connectivity index (χ1v) is 16.7. The maximum Gasteiger partial charge on any atom is 0.218 e. The first-order valence-electron chi connectivity index (χ1n) is 15.0. The van der Waals surface area contributed by atoms with E-state index in [1.807, 2.05) is 36.4 Å². The number of rotatable bonds is 9. The molecule has 5 aliphatic rings. The normalized spacial score (nSPS) is 32.7. The predicted octanol–water partition coefficient (Wildman–Crippen LogP) is 4.12. The van der Waals surface area contributed by atoms with Crippen LogP contribution in [-0.4, -0.2) is 73.3 Å². The second kappa shape index (κ2) is 9.45. The van der Waals surface area contributed by atoms with Crippen molar-refractivity contribution in [3.63, 3.8) is 0 Å². The van der Waals surface area contributed by atoms with Crippen LogP contribution >= 0.6 is 0 Å². The van der Waals surface area contributed by atoms with Gasteiger partial charge in [0, 0.05) is 24.7 Å². The highest BCUT2D eigenvalue weighted by Gasteiger charge is 2.73. The van der Waals surface area contributed by atoms with Crippen molar-refractivity contribution >= 4 is 10.0 Å². The van der Waals surface area contributed by atoms with E-state index in [-0.39, 0.29) is 23.8 Å². The number of hydrogen-bond donors (Lipinski definition) is 1. The lowest BCUT2D eigenvalue weighted by atomic mass is 9.48. The fourth-order valence-electron chi connectivity index (χ4n) is 8.58. The third kappa shape index (κ3) is 3.89. The molecule has 3 fully saturated rings. The molecule has 0 aromatic heterocycles. The van der Waals surface area contributed by atoms with Gasteiger partial charge in [0.2, 0.25) is 10.0 Å². The first kappa shape index (κ1) is 26.7. The number of aliphatic hydroxyl groups is 1. The number of nitrogens with zero attached hydrogens (tertiary/aromatic N) is 2. The van der Waals surface area contributed by atoms with Gasteiger partial charge in [0.1, 0.15) is 6.10 Å². The van der Waals surface area contributed by atoms with Crippen molar-refractivity contribution in [3.05, 3.63) is 59.2 Å². The number of likely N-dealkylation sites (tertiary alicyclic amines) is 1. The summed E-state index contributed by atoms with van der Waals surface area (Å²) in [6.45, 7) is 6.50. The van der Waals surface area contributed by atoms with Gasteiger partial charge in [-0.3, -0.25) is 4.90 Å². The molecule has 5 atom stereocenters. The van der Waals surface area contributed by atoms with Crippen molar-refractivity contribution in [2.75, 3.05) is 26.7 Å². The Morgan fingerprint density at radius 3 is 2.60 bits per heavy atom. The molecule has 2 bridgehead atoms. The molecule has 40 heavy (non-hydrogen) atoms. The zero-order chi connectivity index (χ0) is 27.9. The third-order valence-corrected chi connectivity index (χ3v) is 12.2. The van der Waals surface area contributed by atoms with Crippen molar-refractivity contribution in [3.8, 4) is 11.5 Å². The van der Waals surface area contributed by atoms with Gasteiger partial charge in [0.25, 0.3) is 0 Å². The Morgan fingerprint density at radius 2 is 1.90 bits per heavy atom. The largest absolute Gasteiger partial charge is 0.493 e. The second-order valence-corrected chi connectivity index (χ2v) is 15.2. The molecule has 8 heteroatoms. The number of hydrogen-bond acceptors (Lipinski definition) is 6. The molecule has 0 radical (unpaired) electrons. The zero-order valence-electron chi connectivity index (χ0n) is 23.9. The number of benzene rings is 2. The van der Waals surface area contributed by atoms with E-state index in [1.54, 1.807) is 11.4 Å². The summed E-state index contributed by atoms with van der Waals surface area (Å²) in [5, 5.41) is 12.9. The average Bonchev–Trinajstić information content (AvgIpc) is 3.66. The Morgan fingerprint density at radius 1 is 1.12 bits per heavy atom. The minimum Gasteiger partial charge on any atom is -0.493 e. The van der Waals surface area contributed by atoms with Crippen molar-refractivity contribution in [1.82, 2.24) is 9.21 Å². The number of sulfonamides is 1. The quantitative estimate of drug-likeness (QED) is 0.492. The van der Waals surface area contributed by atoms with Gasteiger partial charge in [-0.15, -0.1) is 0 Å². The summed E-state index contributed by atoms with van der Waals surface area (Å²) in [5.74, 6) is 2.24. The van der Waals surface area contributed by atoms with E-state index in [0.29, 0.717) is 25.1 Å². The molecule has 2 heterocycles. The molecule has 1 spiro atoms. The maximum absolute atomic E-state index is 14.2. The number of ether oxygens (including phenoxy) is 2. The summed E-state index contributed by atoms with van der Waals surface area (Å²) >= 11 is 0. The summed E-state index contributed by atoms with van der Waals surface area (Å²) < 4.78 is 42.8. The van der Waals surface area contributed by atoms with Crippen molar-refractivity contribution in [2.24, 2.45) is 11.8 Å². The van der Waals surface area contributed by atoms with Crippen LogP contribution in [0.25, 0.3) is 0 Å². The van der Waals surface area contributed by atoms with Crippen LogP contribution in [0.4, 0.5) is 0 Å². The SMILES string of the molecule is COc1ccc2c3c1O[C@H]1[C@H](N(CC(C)C)S(=O)(=O)Cc4ccccc4)CC[C@@]4(O)[C@@H](C2)N(CC2CC2)CC[C@]314. The molecule has 7 nitrogen and oxygen atoms in total. The Hall–Kier alpha value is -2.13. The Bertz CT molecular complexity index is 1390. The molecule has 1 saturated heterocycles. The van der Waals surface area contributed by atoms with Gasteiger partial charge in [-0.05, 0) is 74.1 Å². The van der Waals surface area contributed by atoms with Crippen LogP contribution in [-0.2, 0) is 27.6 Å². The molecule has 216 valence electrons. The zero-order valence-corrected chi connectivity index (χ0v) is 24.7. The topological polar surface area (TPSA) is 79.3 Å². The first-order chi connectivity index (χ1) is 19.2. The highest BCUT2D eigenvalue weighted by Crippen LogP contribution is 2.66. The van der Waals surface area contributed by atoms with Crippen LogP contribution in [0.15, 0.2) is 42.5 Å². The lowest BCUT2D eigenvalue weighted by Gasteiger charge is -2.64. The molecular formula is C32H42N2O5S. The lowest BCUT2D eigenvalue weighted by Crippen LogP contribution is -2.78. The Kier molecular flexibility index (Phi) is 6.32. The standard InChI is InChI=1S/C32H42N2O5S/c1-21(2)18-34(40(36,37)20-23-7-5-4-6-8-23)25-13-14-32(35)27-17-24-11-12-26(38-3)29-28(24)31(32,30(25)39-29)15-16-33(27)19-22-9-10-22/h4-8,11-12,21-22,25,27,30,35H,9-10,13-20H2,1-3H3/t25-,27-,30+,31+,32-/m1/s1. The summed E-state index contributed by atoms with van der Waals surface area (Å²) in [4.78, 5) is 2.55. The predicted molar refractivity (Wildman–Crippen MR) is 154 cm³/mol. The second-order valence-electron chi connectivity index (χ2n) is 13.3. The molecule has 2 aromatic rings. The summed E-state index contributed by atoms with van der Waals surface area (Å²) in [6, 6.07) is 13.2. The summed E-state index contributed by atoms with van der Waals surface area (Å²) in [5.41, 5.74) is 1.45. The molecule has 3 aliphatic carbocycles. The van der Waals surface area contributed by atoms with Crippen LogP contribution in [0.2, 0.25) is 0 Å². The fourth-order valence-corrected chi connectivity index (χ4v) is 10.5. The van der Waals surface area contributed by atoms with Crippen LogP contribution in [0.1, 0.15) is 62.6 Å². The fraction of sp³-hybridized carbons (Fsp3) is 0.625. The van der Waals surface area contributed by atoms with E-state index in [1.165, 1.54) is 18.4 Å². The molecule has 0 amide bonds. The van der Waals surface area contributed by atoms with E-state index in [0.717, 1.165) is 48.7 Å². The van der Waals surface area contributed by atoms with Crippen LogP contribution in [0.3, 0.4) is 0 Å². The van der Waals surface area contributed by atoms with Crippen molar-refractivity contribution in [1.29, 1.82) is 0 Å². The van der Waals surface area contributed by atoms with E-state index >= 15 is 0 Å². The molecule has 7 rings (SSSR count). The van der Waals surface area contributed by atoms with Gasteiger partial charge in [-0.25, -0.2) is 8.42 Å². The maximum atomic E-state index is 14.2. The van der Waals surface area contributed by atoms with Gasteiger partial charge in [-0.2, -0.15) is 4.31 Å². The highest BCUT2D eigenvalue weighted by atomic mass is 32.2. The van der Waals surface area contributed by atoms with Crippen molar-refractivity contribution < 1.29 is 23.0 Å². The van der Waals surface area contributed by atoms with Crippen LogP contribution in [0, 0.1) is 11.8 Å². The molecular weight excluding hydrogens is 524 g/mol. The van der Waals surface area contributed by atoms with Crippen LogP contribution in [0.5, 0.6) is 11.5 Å². The average molecular weight is 567 g/mol. The Labute approximate surface area is 238 Å². The lowest BCUT2D eigenvalue weighted by molar-refractivity contribution is -0.196. The molecule has 0 unspecified atom stereocenters. The van der Waals surface area contributed by atoms with Crippen molar-refractivity contribution in [2.45, 2.75) is 87.3 Å². The van der Waals surface area contributed by atoms with Crippen LogP contribution < -0.4 is 9.47 Å². The summed E-state index contributed by atoms with van der Waals surface area (Å²) in [7, 11) is -2.00. The van der Waals surface area contributed by atoms with Gasteiger partial charge in [0.15, 0.2) is 11.5 Å². The van der Waals surface area contributed by atoms with E-state index in [9.17, 15) is 13.5 Å². The third-order valence-electron chi connectivity index (χ3n) is 10.4. The molecule has 1 N–H and O–H groups in total. The van der Waals surface area contributed by atoms with Gasteiger partial charge in [0.05, 0.1) is 29.9 Å². The number of piperidine rings is 1. The van der Waals surface area contributed by atoms with E-state index < -0.39 is 27.1 Å². The molecule has 2 aromatic carbocycles. The Balaban J connectivity index is 1.34. The number of methoxy groups -OCH3 is 1. The van der Waals surface area contributed by atoms with E-state index in [2.05, 4.69) is 24.8 Å². The molecule has 2 aliphatic heterocycles. The molecule has 2 saturated carbocycles. The van der Waals surface area contributed by atoms with Gasteiger partial charge in [-0.1, -0.05) is 50.2 Å². The smallest absolute Gasteiger partial charge is 0.218 e. The van der Waals surface area contributed by atoms with E-state index in [4.69, 9.17) is 9.47 Å².